The summed E-state index contributed by atoms with van der Waals surface area (Å²) in [5.41, 5.74) is 6.75. The van der Waals surface area contributed by atoms with Gasteiger partial charge >= 0.3 is 0 Å². The molecule has 1 aromatic rings. The van der Waals surface area contributed by atoms with Crippen molar-refractivity contribution in [2.24, 2.45) is 41.2 Å². The van der Waals surface area contributed by atoms with E-state index in [-0.39, 0.29) is 60.3 Å². The zero-order valence-electron chi connectivity index (χ0n) is 29.1. The Bertz CT molecular complexity index is 1060. The average molecular weight is 633 g/mol. The molecule has 0 aliphatic heterocycles. The molecule has 4 amide bonds. The fourth-order valence-corrected chi connectivity index (χ4v) is 5.04. The van der Waals surface area contributed by atoms with Crippen molar-refractivity contribution >= 4 is 23.6 Å². The number of nitrogens with two attached hydrogens (primary N) is 1. The molecule has 0 radical (unpaired) electrons. The van der Waals surface area contributed by atoms with Crippen LogP contribution in [0.2, 0.25) is 0 Å². The topological polar surface area (TPSA) is 176 Å². The maximum Gasteiger partial charge on any atom is 0.243 e. The molecule has 11 nitrogen and oxygen atoms in total. The molecule has 0 aliphatic carbocycles. The van der Waals surface area contributed by atoms with Crippen LogP contribution in [0.1, 0.15) is 94.2 Å². The van der Waals surface area contributed by atoms with E-state index in [1.807, 2.05) is 81.4 Å². The fraction of sp³-hybridized carbons (Fsp3) is 0.735. The van der Waals surface area contributed by atoms with Crippen LogP contribution in [0.25, 0.3) is 0 Å². The van der Waals surface area contributed by atoms with E-state index in [2.05, 4.69) is 26.3 Å². The molecule has 0 aliphatic rings. The second-order valence-electron chi connectivity index (χ2n) is 13.8. The van der Waals surface area contributed by atoms with Crippen molar-refractivity contribution in [2.45, 2.75) is 125 Å². The van der Waals surface area contributed by atoms with E-state index in [0.717, 1.165) is 0 Å². The quantitative estimate of drug-likeness (QED) is 0.136. The van der Waals surface area contributed by atoms with Crippen LogP contribution in [0, 0.1) is 35.5 Å². The van der Waals surface area contributed by atoms with Gasteiger partial charge in [-0.05, 0) is 54.6 Å². The van der Waals surface area contributed by atoms with Crippen LogP contribution in [0.3, 0.4) is 0 Å². The van der Waals surface area contributed by atoms with Gasteiger partial charge in [0.2, 0.25) is 23.6 Å². The Kier molecular flexibility index (Phi) is 17.3. The first kappa shape index (κ1) is 40.0. The predicted molar refractivity (Wildman–Crippen MR) is 177 cm³/mol. The molecule has 0 saturated carbocycles. The van der Waals surface area contributed by atoms with Crippen LogP contribution in [0.5, 0.6) is 0 Å². The molecule has 0 saturated heterocycles. The minimum absolute atomic E-state index is 0.0676. The smallest absolute Gasteiger partial charge is 0.243 e. The normalized spacial score (nSPS) is 16.4. The zero-order valence-corrected chi connectivity index (χ0v) is 29.1. The van der Waals surface area contributed by atoms with E-state index >= 15 is 0 Å². The molecule has 256 valence electrons. The lowest BCUT2D eigenvalue weighted by atomic mass is 9.85. The van der Waals surface area contributed by atoms with Crippen LogP contribution in [0.15, 0.2) is 24.4 Å². The van der Waals surface area contributed by atoms with Crippen LogP contribution >= 0.6 is 0 Å². The molecule has 0 fully saturated rings. The Labute approximate surface area is 270 Å². The van der Waals surface area contributed by atoms with E-state index in [1.165, 1.54) is 0 Å². The predicted octanol–water partition coefficient (Wildman–Crippen LogP) is 2.91. The Morgan fingerprint density at radius 3 is 1.89 bits per heavy atom. The summed E-state index contributed by atoms with van der Waals surface area (Å²) >= 11 is 0. The summed E-state index contributed by atoms with van der Waals surface area (Å²) in [6.45, 7) is 19.2. The first-order chi connectivity index (χ1) is 21.0. The Morgan fingerprint density at radius 2 is 1.40 bits per heavy atom. The number of nitrogens with zero attached hydrogens (tertiary/aromatic N) is 1. The highest BCUT2D eigenvalue weighted by molar-refractivity contribution is 5.92. The first-order valence-corrected chi connectivity index (χ1v) is 16.5. The number of aliphatic hydroxyl groups excluding tert-OH is 1. The van der Waals surface area contributed by atoms with Crippen molar-refractivity contribution in [1.29, 1.82) is 0 Å². The van der Waals surface area contributed by atoms with Gasteiger partial charge in [-0.15, -0.1) is 0 Å². The molecule has 0 aromatic carbocycles. The minimum Gasteiger partial charge on any atom is -0.391 e. The lowest BCUT2D eigenvalue weighted by molar-refractivity contribution is -0.136. The monoisotopic (exact) mass is 632 g/mol. The highest BCUT2D eigenvalue weighted by Crippen LogP contribution is 2.23. The van der Waals surface area contributed by atoms with Crippen molar-refractivity contribution in [1.82, 2.24) is 26.3 Å². The summed E-state index contributed by atoms with van der Waals surface area (Å²) in [5, 5.41) is 22.8. The highest BCUT2D eigenvalue weighted by atomic mass is 16.3. The van der Waals surface area contributed by atoms with Crippen LogP contribution in [0.4, 0.5) is 0 Å². The number of amides is 4. The third-order valence-corrected chi connectivity index (χ3v) is 8.39. The zero-order chi connectivity index (χ0) is 34.4. The average Bonchev–Trinajstić information content (AvgIpc) is 2.98. The van der Waals surface area contributed by atoms with Gasteiger partial charge in [-0.3, -0.25) is 24.2 Å². The molecule has 1 aromatic heterocycles. The summed E-state index contributed by atoms with van der Waals surface area (Å²) < 4.78 is 0. The van der Waals surface area contributed by atoms with Gasteiger partial charge in [0.1, 0.15) is 12.1 Å². The SMILES string of the molecule is CCC(C)[C@H](NC(=O)[C@@H](NC(=O)[C@@H](C[C@H](O)[C@H](CC(C)C)NC(=O)[C@@H](N)C(C)C)C(C)C)C(C)C)C(=O)NCc1ccccn1. The second-order valence-corrected chi connectivity index (χ2v) is 13.8. The summed E-state index contributed by atoms with van der Waals surface area (Å²) in [5.74, 6) is -2.59. The number of nitrogens with one attached hydrogen (secondary N) is 4. The molecule has 11 heteroatoms. The maximum absolute atomic E-state index is 13.7. The molecule has 1 unspecified atom stereocenters. The molecule has 1 heterocycles. The number of carbonyl (C=O) groups is 4. The third-order valence-electron chi connectivity index (χ3n) is 8.39. The van der Waals surface area contributed by atoms with Crippen molar-refractivity contribution in [2.75, 3.05) is 0 Å². The lowest BCUT2D eigenvalue weighted by Gasteiger charge is -2.32. The van der Waals surface area contributed by atoms with Crippen molar-refractivity contribution in [3.05, 3.63) is 30.1 Å². The van der Waals surface area contributed by atoms with E-state index in [9.17, 15) is 24.3 Å². The van der Waals surface area contributed by atoms with Crippen molar-refractivity contribution in [3.8, 4) is 0 Å². The fourth-order valence-electron chi connectivity index (χ4n) is 5.04. The van der Waals surface area contributed by atoms with Gasteiger partial charge in [0.05, 0.1) is 30.4 Å². The number of pyridine rings is 1. The molecule has 1 rings (SSSR count). The largest absolute Gasteiger partial charge is 0.391 e. The number of hydrogen-bond acceptors (Lipinski definition) is 7. The number of hydrogen-bond donors (Lipinski definition) is 6. The van der Waals surface area contributed by atoms with Gasteiger partial charge in [-0.2, -0.15) is 0 Å². The van der Waals surface area contributed by atoms with Gasteiger partial charge in [0, 0.05) is 12.1 Å². The third kappa shape index (κ3) is 13.5. The minimum atomic E-state index is -1.00. The number of aliphatic hydroxyl groups is 1. The van der Waals surface area contributed by atoms with E-state index in [4.69, 9.17) is 5.73 Å². The summed E-state index contributed by atoms with van der Waals surface area (Å²) in [7, 11) is 0. The van der Waals surface area contributed by atoms with Crippen molar-refractivity contribution in [3.63, 3.8) is 0 Å². The number of aromatic nitrogens is 1. The highest BCUT2D eigenvalue weighted by Gasteiger charge is 2.35. The second kappa shape index (κ2) is 19.5. The van der Waals surface area contributed by atoms with Crippen LogP contribution < -0.4 is 27.0 Å². The van der Waals surface area contributed by atoms with Gasteiger partial charge in [0.25, 0.3) is 0 Å². The standard InChI is InChI=1S/C34H60N6O5/c1-11-23(10)30(33(44)37-18-24-14-12-13-15-36-24)40-34(45)29(22(8)9)39-31(42)25(20(4)5)17-27(41)26(16-19(2)3)38-32(43)28(35)21(6)7/h12-15,19-23,25-30,41H,11,16-18,35H2,1-10H3,(H,37,44)(H,38,43)(H,39,42)(H,40,45)/t23?,25-,26-,27-,28-,29-,30-/m0/s1. The molecule has 7 N–H and O–H groups in total. The van der Waals surface area contributed by atoms with Crippen LogP contribution in [-0.4, -0.2) is 64.0 Å². The van der Waals surface area contributed by atoms with Gasteiger partial charge in [0.15, 0.2) is 0 Å². The van der Waals surface area contributed by atoms with Gasteiger partial charge < -0.3 is 32.1 Å². The van der Waals surface area contributed by atoms with E-state index in [0.29, 0.717) is 18.5 Å². The van der Waals surface area contributed by atoms with Crippen molar-refractivity contribution < 1.29 is 24.3 Å². The first-order valence-electron chi connectivity index (χ1n) is 16.5. The number of carbonyl (C=O) groups excluding carboxylic acids is 4. The Morgan fingerprint density at radius 1 is 0.778 bits per heavy atom. The maximum atomic E-state index is 13.7. The molecular weight excluding hydrogens is 572 g/mol. The molecule has 0 spiro atoms. The number of rotatable bonds is 19. The molecule has 45 heavy (non-hydrogen) atoms. The molecule has 0 bridgehead atoms. The molecule has 7 atom stereocenters. The summed E-state index contributed by atoms with van der Waals surface area (Å²) in [4.78, 5) is 57.4. The van der Waals surface area contributed by atoms with Gasteiger partial charge in [-0.1, -0.05) is 81.7 Å². The lowest BCUT2D eigenvalue weighted by Crippen LogP contribution is -2.58. The van der Waals surface area contributed by atoms with E-state index < -0.39 is 42.1 Å². The Hall–Kier alpha value is -3.05. The van der Waals surface area contributed by atoms with Crippen LogP contribution in [-0.2, 0) is 25.7 Å². The summed E-state index contributed by atoms with van der Waals surface area (Å²) in [6, 6.07) is 2.45. The summed E-state index contributed by atoms with van der Waals surface area (Å²) in [6.07, 6.45) is 1.91. The Balaban J connectivity index is 3.07. The van der Waals surface area contributed by atoms with Gasteiger partial charge in [-0.25, -0.2) is 0 Å². The van der Waals surface area contributed by atoms with E-state index in [1.54, 1.807) is 12.3 Å². The molecular formula is C34H60N6O5.